The quantitative estimate of drug-likeness (QED) is 0.843. The van der Waals surface area contributed by atoms with Gasteiger partial charge in [0.25, 0.3) is 11.9 Å². The van der Waals surface area contributed by atoms with Crippen molar-refractivity contribution >= 4 is 29.3 Å². The fourth-order valence-electron chi connectivity index (χ4n) is 2.49. The molecule has 0 saturated carbocycles. The molecule has 0 aliphatic carbocycles. The lowest BCUT2D eigenvalue weighted by Gasteiger charge is -2.12. The monoisotopic (exact) mass is 354 g/mol. The average molecular weight is 354 g/mol. The van der Waals surface area contributed by atoms with Crippen LogP contribution in [0.3, 0.4) is 0 Å². The van der Waals surface area contributed by atoms with E-state index < -0.39 is 5.91 Å². The van der Waals surface area contributed by atoms with E-state index in [0.717, 1.165) is 5.56 Å². The van der Waals surface area contributed by atoms with Crippen molar-refractivity contribution in [2.24, 2.45) is 9.98 Å². The predicted octanol–water partition coefficient (Wildman–Crippen LogP) is 1.74. The van der Waals surface area contributed by atoms with Crippen molar-refractivity contribution < 1.29 is 14.1 Å². The standard InChI is InChI=1S/C17H18N6O3/c1-8-6-14(19-15(24)7-13-11(4)22-26-12(13)5)23(21-8)17-18-10(3)9(2)16(25)20-17/h6H,2,7H2,1,3-5H3,(H,19,24). The summed E-state index contributed by atoms with van der Waals surface area (Å²) in [7, 11) is 0. The third kappa shape index (κ3) is 3.23. The molecule has 9 heteroatoms. The Hall–Kier alpha value is -3.36. The molecule has 3 heterocycles. The van der Waals surface area contributed by atoms with E-state index in [1.807, 2.05) is 0 Å². The van der Waals surface area contributed by atoms with Crippen LogP contribution in [-0.4, -0.2) is 38.4 Å². The summed E-state index contributed by atoms with van der Waals surface area (Å²) in [6, 6.07) is 1.67. The highest BCUT2D eigenvalue weighted by atomic mass is 16.5. The molecular formula is C17H18N6O3. The van der Waals surface area contributed by atoms with Crippen molar-refractivity contribution in [3.8, 4) is 0 Å². The van der Waals surface area contributed by atoms with Gasteiger partial charge in [0.15, 0.2) is 0 Å². The number of rotatable bonds is 3. The lowest BCUT2D eigenvalue weighted by Crippen LogP contribution is -2.25. The maximum absolute atomic E-state index is 12.4. The molecule has 1 N–H and O–H groups in total. The molecule has 0 fully saturated rings. The van der Waals surface area contributed by atoms with Gasteiger partial charge in [-0.3, -0.25) is 9.59 Å². The van der Waals surface area contributed by atoms with E-state index in [1.54, 1.807) is 33.8 Å². The third-order valence-corrected chi connectivity index (χ3v) is 3.97. The lowest BCUT2D eigenvalue weighted by molar-refractivity contribution is -0.115. The van der Waals surface area contributed by atoms with Gasteiger partial charge in [-0.25, -0.2) is 4.99 Å². The largest absolute Gasteiger partial charge is 0.361 e. The number of carbonyl (C=O) groups excluding carboxylic acids is 2. The van der Waals surface area contributed by atoms with E-state index in [9.17, 15) is 9.59 Å². The Balaban J connectivity index is 1.86. The minimum absolute atomic E-state index is 0.0839. The highest BCUT2D eigenvalue weighted by molar-refractivity contribution is 6.27. The van der Waals surface area contributed by atoms with Gasteiger partial charge in [0.05, 0.1) is 29.1 Å². The van der Waals surface area contributed by atoms with Gasteiger partial charge in [-0.2, -0.15) is 14.8 Å². The van der Waals surface area contributed by atoms with Crippen LogP contribution < -0.4 is 5.32 Å². The molecule has 26 heavy (non-hydrogen) atoms. The van der Waals surface area contributed by atoms with E-state index in [4.69, 9.17) is 4.52 Å². The molecule has 2 aromatic rings. The van der Waals surface area contributed by atoms with Crippen LogP contribution in [0.2, 0.25) is 0 Å². The number of hydrogen-bond acceptors (Lipinski definition) is 6. The molecule has 9 nitrogen and oxygen atoms in total. The molecule has 1 aliphatic heterocycles. The number of amides is 2. The number of nitrogens with one attached hydrogen (secondary N) is 1. The number of carbonyl (C=O) groups is 2. The van der Waals surface area contributed by atoms with E-state index in [2.05, 4.69) is 32.1 Å². The maximum Gasteiger partial charge on any atom is 0.281 e. The average Bonchev–Trinajstić information content (AvgIpc) is 3.08. The van der Waals surface area contributed by atoms with E-state index in [-0.39, 0.29) is 23.9 Å². The topological polar surface area (TPSA) is 115 Å². The Bertz CT molecular complexity index is 973. The summed E-state index contributed by atoms with van der Waals surface area (Å²) in [5, 5.41) is 10.9. The second-order valence-electron chi connectivity index (χ2n) is 6.00. The fraction of sp³-hybridized carbons (Fsp3) is 0.294. The number of nitrogens with zero attached hydrogens (tertiary/aromatic N) is 5. The van der Waals surface area contributed by atoms with Crippen molar-refractivity contribution in [2.75, 3.05) is 5.32 Å². The highest BCUT2D eigenvalue weighted by Crippen LogP contribution is 2.17. The van der Waals surface area contributed by atoms with Crippen LogP contribution >= 0.6 is 0 Å². The summed E-state index contributed by atoms with van der Waals surface area (Å²) in [6.45, 7) is 10.6. The smallest absolute Gasteiger partial charge is 0.281 e. The summed E-state index contributed by atoms with van der Waals surface area (Å²) in [5.74, 6) is 0.306. The second kappa shape index (κ2) is 6.51. The Kier molecular flexibility index (Phi) is 4.37. The second-order valence-corrected chi connectivity index (χ2v) is 6.00. The molecule has 1 aliphatic rings. The first kappa shape index (κ1) is 17.5. The summed E-state index contributed by atoms with van der Waals surface area (Å²) >= 11 is 0. The molecule has 0 aromatic carbocycles. The van der Waals surface area contributed by atoms with Crippen molar-refractivity contribution in [3.05, 3.63) is 40.9 Å². The maximum atomic E-state index is 12.4. The number of hydrogen-bond donors (Lipinski definition) is 1. The summed E-state index contributed by atoms with van der Waals surface area (Å²) in [5.41, 5.74) is 2.75. The first-order valence-electron chi connectivity index (χ1n) is 7.92. The SMILES string of the molecule is C=C1C(=O)N=C(n2nc(C)cc2NC(=O)Cc2c(C)noc2C)N=C1C. The highest BCUT2D eigenvalue weighted by Gasteiger charge is 2.22. The zero-order valence-corrected chi connectivity index (χ0v) is 15.0. The number of aromatic nitrogens is 3. The molecule has 0 radical (unpaired) electrons. The van der Waals surface area contributed by atoms with Crippen LogP contribution in [0.1, 0.15) is 29.6 Å². The van der Waals surface area contributed by atoms with Gasteiger partial charge in [-0.05, 0) is 27.7 Å². The molecule has 0 bridgehead atoms. The van der Waals surface area contributed by atoms with E-state index in [0.29, 0.717) is 28.7 Å². The first-order chi connectivity index (χ1) is 12.3. The van der Waals surface area contributed by atoms with Crippen molar-refractivity contribution in [1.29, 1.82) is 0 Å². The molecule has 0 saturated heterocycles. The molecule has 0 spiro atoms. The molecule has 134 valence electrons. The normalized spacial score (nSPS) is 14.3. The Morgan fingerprint density at radius 2 is 2.00 bits per heavy atom. The van der Waals surface area contributed by atoms with E-state index >= 15 is 0 Å². The minimum Gasteiger partial charge on any atom is -0.361 e. The molecular weight excluding hydrogens is 336 g/mol. The molecule has 0 atom stereocenters. The van der Waals surface area contributed by atoms with Crippen molar-refractivity contribution in [3.63, 3.8) is 0 Å². The van der Waals surface area contributed by atoms with Gasteiger partial charge in [-0.15, -0.1) is 0 Å². The van der Waals surface area contributed by atoms with Gasteiger partial charge in [0, 0.05) is 11.6 Å². The van der Waals surface area contributed by atoms with Gasteiger partial charge in [0.1, 0.15) is 11.6 Å². The van der Waals surface area contributed by atoms with E-state index in [1.165, 1.54) is 4.68 Å². The van der Waals surface area contributed by atoms with Crippen LogP contribution in [0.25, 0.3) is 0 Å². The third-order valence-electron chi connectivity index (χ3n) is 3.97. The molecule has 0 unspecified atom stereocenters. The van der Waals surface area contributed by atoms with Gasteiger partial charge >= 0.3 is 0 Å². The fourth-order valence-corrected chi connectivity index (χ4v) is 2.49. The van der Waals surface area contributed by atoms with Crippen LogP contribution in [0.4, 0.5) is 5.82 Å². The molecule has 2 amide bonds. The molecule has 2 aromatic heterocycles. The van der Waals surface area contributed by atoms with Crippen LogP contribution in [0, 0.1) is 20.8 Å². The van der Waals surface area contributed by atoms with Crippen LogP contribution in [0.15, 0.2) is 32.7 Å². The van der Waals surface area contributed by atoms with Crippen LogP contribution in [0.5, 0.6) is 0 Å². The summed E-state index contributed by atoms with van der Waals surface area (Å²) < 4.78 is 6.40. The zero-order valence-electron chi connectivity index (χ0n) is 15.0. The summed E-state index contributed by atoms with van der Waals surface area (Å²) in [4.78, 5) is 32.5. The number of aliphatic imine (C=N–C) groups is 2. The minimum atomic E-state index is -0.478. The summed E-state index contributed by atoms with van der Waals surface area (Å²) in [6.07, 6.45) is 0.107. The Morgan fingerprint density at radius 3 is 2.62 bits per heavy atom. The van der Waals surface area contributed by atoms with Gasteiger partial charge in [0.2, 0.25) is 5.91 Å². The Morgan fingerprint density at radius 1 is 1.27 bits per heavy atom. The van der Waals surface area contributed by atoms with Crippen LogP contribution in [-0.2, 0) is 16.0 Å². The van der Waals surface area contributed by atoms with Crippen molar-refractivity contribution in [2.45, 2.75) is 34.1 Å². The molecule has 3 rings (SSSR count). The van der Waals surface area contributed by atoms with Crippen molar-refractivity contribution in [1.82, 2.24) is 14.9 Å². The van der Waals surface area contributed by atoms with Gasteiger partial charge < -0.3 is 9.84 Å². The lowest BCUT2D eigenvalue weighted by atomic mass is 10.1. The number of aryl methyl sites for hydroxylation is 3. The Labute approximate surface area is 149 Å². The first-order valence-corrected chi connectivity index (χ1v) is 7.92. The predicted molar refractivity (Wildman–Crippen MR) is 95.4 cm³/mol. The number of anilines is 1. The van der Waals surface area contributed by atoms with Gasteiger partial charge in [-0.1, -0.05) is 11.7 Å². The zero-order chi connectivity index (χ0) is 19.0.